The minimum absolute atomic E-state index is 0.0324. The van der Waals surface area contributed by atoms with Gasteiger partial charge in [-0.2, -0.15) is 0 Å². The van der Waals surface area contributed by atoms with Gasteiger partial charge in [-0.1, -0.05) is 36.4 Å². The van der Waals surface area contributed by atoms with Crippen molar-refractivity contribution in [3.63, 3.8) is 0 Å². The van der Waals surface area contributed by atoms with Gasteiger partial charge in [0.05, 0.1) is 16.9 Å². The SMILES string of the molecule is CC(=O)N(c1ccccc1)c1nc(COC(=O)c2ccc(NC(=O)Nc3ccccc3)cc2)cs1. The summed E-state index contributed by atoms with van der Waals surface area (Å²) < 4.78 is 5.38. The number of hydrogen-bond donors (Lipinski definition) is 2. The topological polar surface area (TPSA) is 101 Å². The number of benzene rings is 3. The number of rotatable bonds is 7. The second-order valence-corrected chi connectivity index (χ2v) is 8.25. The van der Waals surface area contributed by atoms with Crippen LogP contribution >= 0.6 is 11.3 Å². The van der Waals surface area contributed by atoms with Crippen LogP contribution in [0.3, 0.4) is 0 Å². The summed E-state index contributed by atoms with van der Waals surface area (Å²) in [5.74, 6) is -0.688. The molecular weight excluding hydrogens is 464 g/mol. The quantitative estimate of drug-likeness (QED) is 0.320. The highest BCUT2D eigenvalue weighted by Crippen LogP contribution is 2.29. The van der Waals surface area contributed by atoms with Crippen LogP contribution in [0.15, 0.2) is 90.3 Å². The van der Waals surface area contributed by atoms with Gasteiger partial charge in [0.1, 0.15) is 6.61 Å². The standard InChI is InChI=1S/C26H22N4O4S/c1-18(31)30(23-10-6-3-7-11-23)26-29-22(17-35-26)16-34-24(32)19-12-14-21(15-13-19)28-25(33)27-20-8-4-2-5-9-20/h2-15,17H,16H2,1H3,(H2,27,28,33). The number of nitrogens with one attached hydrogen (secondary N) is 2. The zero-order valence-electron chi connectivity index (χ0n) is 18.8. The number of ether oxygens (including phenoxy) is 1. The number of nitrogens with zero attached hydrogens (tertiary/aromatic N) is 2. The van der Waals surface area contributed by atoms with Crippen LogP contribution in [-0.2, 0) is 16.1 Å². The van der Waals surface area contributed by atoms with Crippen molar-refractivity contribution in [2.24, 2.45) is 0 Å². The first-order chi connectivity index (χ1) is 17.0. The molecule has 0 fully saturated rings. The first-order valence-electron chi connectivity index (χ1n) is 10.7. The van der Waals surface area contributed by atoms with Crippen LogP contribution in [0.2, 0.25) is 0 Å². The average molecular weight is 487 g/mol. The molecule has 0 aliphatic carbocycles. The summed E-state index contributed by atoms with van der Waals surface area (Å²) in [6, 6.07) is 24.3. The van der Waals surface area contributed by atoms with Crippen LogP contribution in [0.1, 0.15) is 23.0 Å². The maximum atomic E-state index is 12.5. The molecule has 176 valence electrons. The highest BCUT2D eigenvalue weighted by Gasteiger charge is 2.18. The van der Waals surface area contributed by atoms with Gasteiger partial charge < -0.3 is 15.4 Å². The minimum atomic E-state index is -0.522. The lowest BCUT2D eigenvalue weighted by atomic mass is 10.2. The molecule has 1 heterocycles. The molecule has 0 bridgehead atoms. The van der Waals surface area contributed by atoms with Crippen molar-refractivity contribution in [1.82, 2.24) is 4.98 Å². The summed E-state index contributed by atoms with van der Waals surface area (Å²) in [4.78, 5) is 42.7. The Morgan fingerprint density at radius 2 is 1.46 bits per heavy atom. The van der Waals surface area contributed by atoms with Crippen molar-refractivity contribution >= 4 is 51.4 Å². The number of thiazole rings is 1. The molecule has 9 heteroatoms. The molecule has 0 saturated heterocycles. The second kappa shape index (κ2) is 11.1. The lowest BCUT2D eigenvalue weighted by Gasteiger charge is -2.17. The summed E-state index contributed by atoms with van der Waals surface area (Å²) >= 11 is 1.29. The van der Waals surface area contributed by atoms with E-state index in [1.54, 1.807) is 41.8 Å². The molecule has 3 aromatic carbocycles. The fourth-order valence-corrected chi connectivity index (χ4v) is 4.07. The monoisotopic (exact) mass is 486 g/mol. The summed E-state index contributed by atoms with van der Waals surface area (Å²) in [5, 5.41) is 7.68. The van der Waals surface area contributed by atoms with E-state index in [4.69, 9.17) is 4.74 Å². The van der Waals surface area contributed by atoms with Crippen LogP contribution in [0.25, 0.3) is 0 Å². The van der Waals surface area contributed by atoms with Gasteiger partial charge in [0, 0.05) is 23.7 Å². The predicted molar refractivity (Wildman–Crippen MR) is 136 cm³/mol. The molecule has 0 radical (unpaired) electrons. The highest BCUT2D eigenvalue weighted by atomic mass is 32.1. The molecule has 0 aliphatic rings. The van der Waals surface area contributed by atoms with E-state index in [9.17, 15) is 14.4 Å². The van der Waals surface area contributed by atoms with E-state index in [-0.39, 0.29) is 18.5 Å². The normalized spacial score (nSPS) is 10.3. The molecule has 4 rings (SSSR count). The molecule has 0 saturated carbocycles. The number of amides is 3. The lowest BCUT2D eigenvalue weighted by Crippen LogP contribution is -2.22. The van der Waals surface area contributed by atoms with Crippen LogP contribution in [-0.4, -0.2) is 22.9 Å². The Labute approximate surface area is 206 Å². The van der Waals surface area contributed by atoms with E-state index in [0.717, 1.165) is 0 Å². The summed E-state index contributed by atoms with van der Waals surface area (Å²) in [6.07, 6.45) is 0. The molecule has 3 amide bonds. The van der Waals surface area contributed by atoms with Gasteiger partial charge in [-0.3, -0.25) is 9.69 Å². The highest BCUT2D eigenvalue weighted by molar-refractivity contribution is 7.14. The Hall–Kier alpha value is -4.50. The third-order valence-corrected chi connectivity index (χ3v) is 5.70. The van der Waals surface area contributed by atoms with E-state index in [0.29, 0.717) is 33.5 Å². The maximum Gasteiger partial charge on any atom is 0.338 e. The number of urea groups is 1. The third kappa shape index (κ3) is 6.30. The van der Waals surface area contributed by atoms with E-state index >= 15 is 0 Å². The Morgan fingerprint density at radius 1 is 0.857 bits per heavy atom. The second-order valence-electron chi connectivity index (χ2n) is 7.41. The average Bonchev–Trinajstić information content (AvgIpc) is 3.32. The third-order valence-electron chi connectivity index (χ3n) is 4.82. The summed E-state index contributed by atoms with van der Waals surface area (Å²) in [5.41, 5.74) is 2.79. The van der Waals surface area contributed by atoms with Gasteiger partial charge in [-0.05, 0) is 48.5 Å². The van der Waals surface area contributed by atoms with Crippen LogP contribution in [0, 0.1) is 0 Å². The van der Waals surface area contributed by atoms with Crippen molar-refractivity contribution in [2.45, 2.75) is 13.5 Å². The number of aromatic nitrogens is 1. The fraction of sp³-hybridized carbons (Fsp3) is 0.0769. The lowest BCUT2D eigenvalue weighted by molar-refractivity contribution is -0.115. The molecule has 1 aromatic heterocycles. The van der Waals surface area contributed by atoms with Crippen molar-refractivity contribution < 1.29 is 19.1 Å². The fourth-order valence-electron chi connectivity index (χ4n) is 3.20. The Balaban J connectivity index is 1.32. The number of anilines is 4. The van der Waals surface area contributed by atoms with E-state index in [1.165, 1.54) is 23.2 Å². The minimum Gasteiger partial charge on any atom is -0.456 e. The number of para-hydroxylation sites is 2. The van der Waals surface area contributed by atoms with Crippen molar-refractivity contribution in [2.75, 3.05) is 15.5 Å². The van der Waals surface area contributed by atoms with E-state index in [1.807, 2.05) is 48.5 Å². The van der Waals surface area contributed by atoms with Gasteiger partial charge in [0.25, 0.3) is 0 Å². The Kier molecular flexibility index (Phi) is 7.49. The van der Waals surface area contributed by atoms with Crippen LogP contribution < -0.4 is 15.5 Å². The van der Waals surface area contributed by atoms with Crippen LogP contribution in [0.5, 0.6) is 0 Å². The number of carbonyl (C=O) groups is 3. The van der Waals surface area contributed by atoms with Crippen molar-refractivity contribution in [1.29, 1.82) is 0 Å². The van der Waals surface area contributed by atoms with Crippen molar-refractivity contribution in [3.8, 4) is 0 Å². The molecular formula is C26H22N4O4S. The first kappa shape index (κ1) is 23.7. The smallest absolute Gasteiger partial charge is 0.338 e. The molecule has 0 spiro atoms. The maximum absolute atomic E-state index is 12.5. The molecule has 2 N–H and O–H groups in total. The van der Waals surface area contributed by atoms with Gasteiger partial charge in [-0.15, -0.1) is 11.3 Å². The number of esters is 1. The summed E-state index contributed by atoms with van der Waals surface area (Å²) in [7, 11) is 0. The number of hydrogen-bond acceptors (Lipinski definition) is 6. The van der Waals surface area contributed by atoms with Gasteiger partial charge in [0.2, 0.25) is 5.91 Å². The largest absolute Gasteiger partial charge is 0.456 e. The van der Waals surface area contributed by atoms with Crippen molar-refractivity contribution in [3.05, 3.63) is 102 Å². The van der Waals surface area contributed by atoms with E-state index < -0.39 is 5.97 Å². The molecule has 0 atom stereocenters. The summed E-state index contributed by atoms with van der Waals surface area (Å²) in [6.45, 7) is 1.44. The van der Waals surface area contributed by atoms with Crippen LogP contribution in [0.4, 0.5) is 27.0 Å². The zero-order valence-corrected chi connectivity index (χ0v) is 19.6. The predicted octanol–water partition coefficient (Wildman–Crippen LogP) is 5.83. The Morgan fingerprint density at radius 3 is 2.09 bits per heavy atom. The molecule has 8 nitrogen and oxygen atoms in total. The van der Waals surface area contributed by atoms with Gasteiger partial charge in [-0.25, -0.2) is 14.6 Å². The number of carbonyl (C=O) groups excluding carboxylic acids is 3. The van der Waals surface area contributed by atoms with Gasteiger partial charge >= 0.3 is 12.0 Å². The molecule has 0 aliphatic heterocycles. The Bertz CT molecular complexity index is 1310. The zero-order chi connectivity index (χ0) is 24.6. The first-order valence-corrected chi connectivity index (χ1v) is 11.6. The molecule has 4 aromatic rings. The molecule has 35 heavy (non-hydrogen) atoms. The molecule has 0 unspecified atom stereocenters. The van der Waals surface area contributed by atoms with Gasteiger partial charge in [0.15, 0.2) is 5.13 Å². The van der Waals surface area contributed by atoms with E-state index in [2.05, 4.69) is 15.6 Å².